The van der Waals surface area contributed by atoms with Crippen molar-refractivity contribution >= 4 is 23.7 Å². The third-order valence-electron chi connectivity index (χ3n) is 2.22. The van der Waals surface area contributed by atoms with Gasteiger partial charge in [0.25, 0.3) is 0 Å². The van der Waals surface area contributed by atoms with Gasteiger partial charge in [-0.25, -0.2) is 9.21 Å². The number of amides is 1. The molecule has 2 N–H and O–H groups in total. The average molecular weight is 258 g/mol. The summed E-state index contributed by atoms with van der Waals surface area (Å²) >= 11 is 5.61. The van der Waals surface area contributed by atoms with Crippen molar-refractivity contribution in [3.63, 3.8) is 0 Å². The van der Waals surface area contributed by atoms with E-state index in [1.54, 1.807) is 12.1 Å². The fourth-order valence-electron chi connectivity index (χ4n) is 1.34. The van der Waals surface area contributed by atoms with Crippen LogP contribution in [-0.4, -0.2) is 32.6 Å². The number of nitrogens with zero attached hydrogens (tertiary/aromatic N) is 1. The molecule has 0 aliphatic carbocycles. The van der Waals surface area contributed by atoms with Crippen LogP contribution in [0.25, 0.3) is 0 Å². The molecule has 17 heavy (non-hydrogen) atoms. The Kier molecular flexibility index (Phi) is 4.34. The van der Waals surface area contributed by atoms with E-state index in [4.69, 9.17) is 22.0 Å². The van der Waals surface area contributed by atoms with Gasteiger partial charge in [0, 0.05) is 25.1 Å². The molecule has 1 amide bonds. The highest BCUT2D eigenvalue weighted by molar-refractivity contribution is 6.22. The minimum absolute atomic E-state index is 0.0820. The van der Waals surface area contributed by atoms with Crippen LogP contribution in [0.5, 0.6) is 5.75 Å². The minimum Gasteiger partial charge on any atom is -0.508 e. The van der Waals surface area contributed by atoms with Gasteiger partial charge in [0.05, 0.1) is 0 Å². The fourth-order valence-corrected chi connectivity index (χ4v) is 1.49. The SMILES string of the molecule is CC(=O)N(Cl)[C@H](Cc1ccc(O)cc1)C(=O)O. The Labute approximate surface area is 103 Å². The first kappa shape index (κ1) is 13.3. The van der Waals surface area contributed by atoms with Crippen molar-refractivity contribution in [2.45, 2.75) is 19.4 Å². The third kappa shape index (κ3) is 3.64. The summed E-state index contributed by atoms with van der Waals surface area (Å²) in [5, 5.41) is 18.1. The summed E-state index contributed by atoms with van der Waals surface area (Å²) in [6.45, 7) is 1.19. The zero-order chi connectivity index (χ0) is 13.0. The summed E-state index contributed by atoms with van der Waals surface area (Å²) in [5.41, 5.74) is 0.669. The zero-order valence-electron chi connectivity index (χ0n) is 9.13. The second-order valence-corrected chi connectivity index (χ2v) is 3.92. The van der Waals surface area contributed by atoms with E-state index in [9.17, 15) is 9.59 Å². The number of carboxylic acids is 1. The average Bonchev–Trinajstić information content (AvgIpc) is 2.26. The monoisotopic (exact) mass is 257 g/mol. The van der Waals surface area contributed by atoms with E-state index in [0.717, 1.165) is 0 Å². The molecular formula is C11H12ClNO4. The van der Waals surface area contributed by atoms with Gasteiger partial charge in [0.15, 0.2) is 0 Å². The second-order valence-electron chi connectivity index (χ2n) is 3.55. The lowest BCUT2D eigenvalue weighted by Crippen LogP contribution is -2.39. The first-order valence-corrected chi connectivity index (χ1v) is 5.22. The topological polar surface area (TPSA) is 77.8 Å². The lowest BCUT2D eigenvalue weighted by molar-refractivity contribution is -0.145. The molecule has 92 valence electrons. The maximum absolute atomic E-state index is 11.0. The zero-order valence-corrected chi connectivity index (χ0v) is 9.89. The van der Waals surface area contributed by atoms with Crippen molar-refractivity contribution in [2.24, 2.45) is 0 Å². The molecule has 0 aromatic heterocycles. The van der Waals surface area contributed by atoms with E-state index in [1.165, 1.54) is 19.1 Å². The first-order valence-electron chi connectivity index (χ1n) is 4.88. The van der Waals surface area contributed by atoms with Crippen molar-refractivity contribution in [3.05, 3.63) is 29.8 Å². The predicted octanol–water partition coefficient (Wildman–Crippen LogP) is 1.39. The minimum atomic E-state index is -1.18. The summed E-state index contributed by atoms with van der Waals surface area (Å²) in [7, 11) is 0. The van der Waals surface area contributed by atoms with Gasteiger partial charge in [-0.2, -0.15) is 0 Å². The normalized spacial score (nSPS) is 11.9. The van der Waals surface area contributed by atoms with Gasteiger partial charge < -0.3 is 10.2 Å². The van der Waals surface area contributed by atoms with E-state index in [1.807, 2.05) is 0 Å². The molecule has 0 fully saturated rings. The molecule has 1 aromatic rings. The van der Waals surface area contributed by atoms with Crippen LogP contribution in [0.1, 0.15) is 12.5 Å². The fraction of sp³-hybridized carbons (Fsp3) is 0.273. The molecule has 1 atom stereocenters. The van der Waals surface area contributed by atoms with Gasteiger partial charge in [-0.1, -0.05) is 12.1 Å². The van der Waals surface area contributed by atoms with Crippen LogP contribution in [0, 0.1) is 0 Å². The molecule has 0 radical (unpaired) electrons. The molecule has 0 aliphatic rings. The second kappa shape index (κ2) is 5.54. The van der Waals surface area contributed by atoms with Crippen molar-refractivity contribution in [1.29, 1.82) is 0 Å². The first-order chi connectivity index (χ1) is 7.91. The van der Waals surface area contributed by atoms with Crippen molar-refractivity contribution in [2.75, 3.05) is 0 Å². The van der Waals surface area contributed by atoms with Crippen molar-refractivity contribution < 1.29 is 19.8 Å². The Bertz CT molecular complexity index is 418. The standard InChI is InChI=1S/C11H12ClNO4/c1-7(14)13(12)10(11(16)17)6-8-2-4-9(15)5-3-8/h2-5,10,15H,6H2,1H3,(H,16,17)/t10-/m1/s1. The van der Waals surface area contributed by atoms with Gasteiger partial charge in [-0.05, 0) is 17.7 Å². The molecule has 0 aliphatic heterocycles. The van der Waals surface area contributed by atoms with Crippen LogP contribution in [0.15, 0.2) is 24.3 Å². The quantitative estimate of drug-likeness (QED) is 0.799. The van der Waals surface area contributed by atoms with E-state index in [2.05, 4.69) is 0 Å². The number of phenols is 1. The van der Waals surface area contributed by atoms with Crippen LogP contribution in [0.2, 0.25) is 0 Å². The van der Waals surface area contributed by atoms with Crippen LogP contribution < -0.4 is 0 Å². The Morgan fingerprint density at radius 1 is 1.35 bits per heavy atom. The van der Waals surface area contributed by atoms with Crippen LogP contribution in [0.3, 0.4) is 0 Å². The van der Waals surface area contributed by atoms with Gasteiger partial charge >= 0.3 is 5.97 Å². The van der Waals surface area contributed by atoms with Gasteiger partial charge in [0.2, 0.25) is 5.91 Å². The highest BCUT2D eigenvalue weighted by Crippen LogP contribution is 2.15. The summed E-state index contributed by atoms with van der Waals surface area (Å²) in [5.74, 6) is -1.61. The number of aromatic hydroxyl groups is 1. The molecule has 1 aromatic carbocycles. The number of carboxylic acid groups (broad SMARTS) is 1. The molecule has 0 bridgehead atoms. The van der Waals surface area contributed by atoms with Crippen molar-refractivity contribution in [3.8, 4) is 5.75 Å². The molecule has 0 unspecified atom stereocenters. The van der Waals surface area contributed by atoms with Crippen LogP contribution >= 0.6 is 11.8 Å². The molecule has 0 spiro atoms. The molecule has 0 heterocycles. The number of hydrogen-bond acceptors (Lipinski definition) is 3. The molecule has 0 saturated carbocycles. The highest BCUT2D eigenvalue weighted by Gasteiger charge is 2.26. The lowest BCUT2D eigenvalue weighted by Gasteiger charge is -2.20. The summed E-state index contributed by atoms with van der Waals surface area (Å²) < 4.78 is 0.662. The van der Waals surface area contributed by atoms with E-state index >= 15 is 0 Å². The highest BCUT2D eigenvalue weighted by atomic mass is 35.5. The Morgan fingerprint density at radius 2 is 1.88 bits per heavy atom. The van der Waals surface area contributed by atoms with E-state index < -0.39 is 17.9 Å². The van der Waals surface area contributed by atoms with Crippen LogP contribution in [-0.2, 0) is 16.0 Å². The Hall–Kier alpha value is -1.75. The number of rotatable bonds is 4. The number of aliphatic carboxylic acids is 1. The molecular weight excluding hydrogens is 246 g/mol. The Balaban J connectivity index is 2.84. The Morgan fingerprint density at radius 3 is 2.29 bits per heavy atom. The maximum atomic E-state index is 11.0. The van der Waals surface area contributed by atoms with Crippen molar-refractivity contribution in [1.82, 2.24) is 4.42 Å². The smallest absolute Gasteiger partial charge is 0.328 e. The number of hydrogen-bond donors (Lipinski definition) is 2. The van der Waals surface area contributed by atoms with E-state index in [-0.39, 0.29) is 12.2 Å². The molecule has 0 saturated heterocycles. The largest absolute Gasteiger partial charge is 0.508 e. The van der Waals surface area contributed by atoms with E-state index in [0.29, 0.717) is 9.98 Å². The summed E-state index contributed by atoms with van der Waals surface area (Å²) in [6.07, 6.45) is 0.0820. The predicted molar refractivity (Wildman–Crippen MR) is 61.6 cm³/mol. The molecule has 1 rings (SSSR count). The summed E-state index contributed by atoms with van der Waals surface area (Å²) in [4.78, 5) is 22.0. The lowest BCUT2D eigenvalue weighted by atomic mass is 10.1. The summed E-state index contributed by atoms with van der Waals surface area (Å²) in [6, 6.07) is 4.92. The third-order valence-corrected chi connectivity index (χ3v) is 2.70. The number of halogens is 1. The van der Waals surface area contributed by atoms with Gasteiger partial charge in [-0.3, -0.25) is 4.79 Å². The molecule has 6 heteroatoms. The molecule has 5 nitrogen and oxygen atoms in total. The maximum Gasteiger partial charge on any atom is 0.328 e. The number of carbonyl (C=O) groups is 2. The number of carbonyl (C=O) groups excluding carboxylic acids is 1. The van der Waals surface area contributed by atoms with Gasteiger partial charge in [0.1, 0.15) is 11.8 Å². The van der Waals surface area contributed by atoms with Crippen LogP contribution in [0.4, 0.5) is 0 Å². The van der Waals surface area contributed by atoms with Gasteiger partial charge in [-0.15, -0.1) is 0 Å². The number of phenolic OH excluding ortho intramolecular Hbond substituents is 1. The number of benzene rings is 1.